The van der Waals surface area contributed by atoms with Crippen LogP contribution < -0.4 is 10.6 Å². The van der Waals surface area contributed by atoms with Crippen LogP contribution in [-0.4, -0.2) is 45.5 Å². The van der Waals surface area contributed by atoms with E-state index in [9.17, 15) is 9.59 Å². The zero-order valence-corrected chi connectivity index (χ0v) is 16.4. The number of thioether (sulfide) groups is 1. The second kappa shape index (κ2) is 10.2. The Hall–Kier alpha value is -1.99. The lowest BCUT2D eigenvalue weighted by atomic mass is 10.1. The molecule has 2 N–H and O–H groups in total. The number of carbonyl (C=O) groups is 2. The molecule has 1 aromatic carbocycles. The third-order valence-electron chi connectivity index (χ3n) is 3.78. The summed E-state index contributed by atoms with van der Waals surface area (Å²) < 4.78 is 1.89. The van der Waals surface area contributed by atoms with Crippen LogP contribution in [0.25, 0.3) is 0 Å². The van der Waals surface area contributed by atoms with Crippen LogP contribution >= 0.6 is 23.4 Å². The Morgan fingerprint density at radius 2 is 2.08 bits per heavy atom. The lowest BCUT2D eigenvalue weighted by Gasteiger charge is -2.21. The van der Waals surface area contributed by atoms with Gasteiger partial charge in [0, 0.05) is 25.0 Å². The molecule has 0 saturated carbocycles. The number of halogens is 1. The molecule has 0 aliphatic heterocycles. The molecule has 2 aromatic rings. The molecular formula is C18H23ClN4O2S. The van der Waals surface area contributed by atoms with Gasteiger partial charge in [-0.25, -0.2) is 4.98 Å². The van der Waals surface area contributed by atoms with Gasteiger partial charge in [0.2, 0.25) is 5.91 Å². The van der Waals surface area contributed by atoms with Gasteiger partial charge in [0.25, 0.3) is 5.91 Å². The number of benzene rings is 1. The SMILES string of the molecule is CSCCC(NC(=O)c1ccccc1Cl)C(=O)NC(C)Cn1ccnc1. The molecule has 2 atom stereocenters. The highest BCUT2D eigenvalue weighted by Gasteiger charge is 2.23. The molecule has 2 rings (SSSR count). The van der Waals surface area contributed by atoms with Gasteiger partial charge in [0.05, 0.1) is 16.9 Å². The maximum atomic E-state index is 12.6. The van der Waals surface area contributed by atoms with Crippen LogP contribution in [0.15, 0.2) is 43.0 Å². The topological polar surface area (TPSA) is 76.0 Å². The van der Waals surface area contributed by atoms with Gasteiger partial charge in [-0.2, -0.15) is 11.8 Å². The van der Waals surface area contributed by atoms with Crippen molar-refractivity contribution in [3.05, 3.63) is 53.6 Å². The summed E-state index contributed by atoms with van der Waals surface area (Å²) in [4.78, 5) is 29.1. The van der Waals surface area contributed by atoms with Gasteiger partial charge in [-0.1, -0.05) is 23.7 Å². The number of nitrogens with zero attached hydrogens (tertiary/aromatic N) is 2. The lowest BCUT2D eigenvalue weighted by Crippen LogP contribution is -2.50. The average Bonchev–Trinajstić information content (AvgIpc) is 3.11. The number of hydrogen-bond acceptors (Lipinski definition) is 4. The van der Waals surface area contributed by atoms with E-state index in [1.165, 1.54) is 0 Å². The smallest absolute Gasteiger partial charge is 0.253 e. The van der Waals surface area contributed by atoms with Crippen molar-refractivity contribution >= 4 is 35.2 Å². The van der Waals surface area contributed by atoms with Gasteiger partial charge < -0.3 is 15.2 Å². The van der Waals surface area contributed by atoms with Crippen molar-refractivity contribution in [1.82, 2.24) is 20.2 Å². The summed E-state index contributed by atoms with van der Waals surface area (Å²) >= 11 is 7.70. The first-order chi connectivity index (χ1) is 12.5. The van der Waals surface area contributed by atoms with E-state index in [4.69, 9.17) is 11.6 Å². The van der Waals surface area contributed by atoms with E-state index in [-0.39, 0.29) is 17.9 Å². The quantitative estimate of drug-likeness (QED) is 0.685. The van der Waals surface area contributed by atoms with E-state index in [0.29, 0.717) is 23.6 Å². The predicted molar refractivity (Wildman–Crippen MR) is 106 cm³/mol. The molecule has 0 bridgehead atoms. The van der Waals surface area contributed by atoms with E-state index in [1.54, 1.807) is 48.6 Å². The second-order valence-corrected chi connectivity index (χ2v) is 7.35. The molecule has 2 amide bonds. The van der Waals surface area contributed by atoms with Crippen LogP contribution in [0.4, 0.5) is 0 Å². The maximum absolute atomic E-state index is 12.6. The Labute approximate surface area is 162 Å². The van der Waals surface area contributed by atoms with Crippen molar-refractivity contribution in [2.75, 3.05) is 12.0 Å². The molecule has 0 saturated heterocycles. The predicted octanol–water partition coefficient (Wildman–Crippen LogP) is 2.59. The summed E-state index contributed by atoms with van der Waals surface area (Å²) in [6.45, 7) is 2.53. The maximum Gasteiger partial charge on any atom is 0.253 e. The number of imidazole rings is 1. The fourth-order valence-corrected chi connectivity index (χ4v) is 3.18. The van der Waals surface area contributed by atoms with Crippen molar-refractivity contribution < 1.29 is 9.59 Å². The molecule has 0 aliphatic carbocycles. The number of nitrogens with one attached hydrogen (secondary N) is 2. The third-order valence-corrected chi connectivity index (χ3v) is 4.76. The lowest BCUT2D eigenvalue weighted by molar-refractivity contribution is -0.123. The van der Waals surface area contributed by atoms with E-state index in [0.717, 1.165) is 5.75 Å². The van der Waals surface area contributed by atoms with Crippen molar-refractivity contribution in [2.24, 2.45) is 0 Å². The number of amides is 2. The highest BCUT2D eigenvalue weighted by Crippen LogP contribution is 2.15. The van der Waals surface area contributed by atoms with Crippen LogP contribution in [0.5, 0.6) is 0 Å². The molecule has 8 heteroatoms. The van der Waals surface area contributed by atoms with Gasteiger partial charge in [0.15, 0.2) is 0 Å². The Morgan fingerprint density at radius 3 is 2.73 bits per heavy atom. The van der Waals surface area contributed by atoms with E-state index < -0.39 is 6.04 Å². The minimum absolute atomic E-state index is 0.0919. The first-order valence-corrected chi connectivity index (χ1v) is 10.1. The molecule has 6 nitrogen and oxygen atoms in total. The summed E-state index contributed by atoms with van der Waals surface area (Å²) in [5.74, 6) is 0.211. The molecule has 0 aliphatic rings. The van der Waals surface area contributed by atoms with E-state index in [1.807, 2.05) is 23.9 Å². The number of carbonyl (C=O) groups excluding carboxylic acids is 2. The molecule has 26 heavy (non-hydrogen) atoms. The molecule has 2 unspecified atom stereocenters. The summed E-state index contributed by atoms with van der Waals surface area (Å²) in [5, 5.41) is 6.12. The third kappa shape index (κ3) is 6.07. The molecule has 0 spiro atoms. The monoisotopic (exact) mass is 394 g/mol. The summed E-state index contributed by atoms with van der Waals surface area (Å²) in [5.41, 5.74) is 0.364. The Balaban J connectivity index is 1.99. The fourth-order valence-electron chi connectivity index (χ4n) is 2.49. The minimum Gasteiger partial charge on any atom is -0.350 e. The fraction of sp³-hybridized carbons (Fsp3) is 0.389. The van der Waals surface area contributed by atoms with Gasteiger partial charge >= 0.3 is 0 Å². The first kappa shape index (κ1) is 20.3. The van der Waals surface area contributed by atoms with Crippen LogP contribution in [0.2, 0.25) is 5.02 Å². The van der Waals surface area contributed by atoms with Crippen molar-refractivity contribution in [3.8, 4) is 0 Å². The van der Waals surface area contributed by atoms with Crippen molar-refractivity contribution in [1.29, 1.82) is 0 Å². The number of rotatable bonds is 9. The Bertz CT molecular complexity index is 724. The summed E-state index contributed by atoms with van der Waals surface area (Å²) in [6, 6.07) is 6.09. The van der Waals surface area contributed by atoms with Crippen molar-refractivity contribution in [2.45, 2.75) is 32.0 Å². The van der Waals surface area contributed by atoms with Crippen LogP contribution in [0.3, 0.4) is 0 Å². The Morgan fingerprint density at radius 1 is 1.31 bits per heavy atom. The molecule has 1 aromatic heterocycles. The zero-order chi connectivity index (χ0) is 18.9. The number of hydrogen-bond donors (Lipinski definition) is 2. The van der Waals surface area contributed by atoms with Crippen molar-refractivity contribution in [3.63, 3.8) is 0 Å². The standard InChI is InChI=1S/C18H23ClN4O2S/c1-13(11-23-9-8-20-12-23)21-18(25)16(7-10-26-2)22-17(24)14-5-3-4-6-15(14)19/h3-6,8-9,12-13,16H,7,10-11H2,1-2H3,(H,21,25)(H,22,24). The van der Waals surface area contributed by atoms with E-state index >= 15 is 0 Å². The van der Waals surface area contributed by atoms with Gasteiger partial charge in [-0.05, 0) is 37.5 Å². The molecular weight excluding hydrogens is 372 g/mol. The Kier molecular flexibility index (Phi) is 8.00. The van der Waals surface area contributed by atoms with Gasteiger partial charge in [0.1, 0.15) is 6.04 Å². The molecule has 1 heterocycles. The average molecular weight is 395 g/mol. The highest BCUT2D eigenvalue weighted by molar-refractivity contribution is 7.98. The summed E-state index contributed by atoms with van der Waals surface area (Å²) in [7, 11) is 0. The number of aromatic nitrogens is 2. The van der Waals surface area contributed by atoms with E-state index in [2.05, 4.69) is 15.6 Å². The largest absolute Gasteiger partial charge is 0.350 e. The minimum atomic E-state index is -0.614. The first-order valence-electron chi connectivity index (χ1n) is 8.31. The van der Waals surface area contributed by atoms with Crippen LogP contribution in [0, 0.1) is 0 Å². The van der Waals surface area contributed by atoms with Crippen LogP contribution in [0.1, 0.15) is 23.7 Å². The zero-order valence-electron chi connectivity index (χ0n) is 14.8. The second-order valence-electron chi connectivity index (χ2n) is 5.96. The highest BCUT2D eigenvalue weighted by atomic mass is 35.5. The summed E-state index contributed by atoms with van der Waals surface area (Å²) in [6.07, 6.45) is 7.74. The molecule has 0 fully saturated rings. The normalized spacial score (nSPS) is 13.0. The molecule has 0 radical (unpaired) electrons. The van der Waals surface area contributed by atoms with Gasteiger partial charge in [-0.3, -0.25) is 9.59 Å². The molecule has 140 valence electrons. The van der Waals surface area contributed by atoms with Gasteiger partial charge in [-0.15, -0.1) is 0 Å². The van der Waals surface area contributed by atoms with Crippen LogP contribution in [-0.2, 0) is 11.3 Å².